The quantitative estimate of drug-likeness (QED) is 0.301. The Morgan fingerprint density at radius 3 is 2.04 bits per heavy atom. The number of fused-ring (bicyclic) bond motifs is 1. The summed E-state index contributed by atoms with van der Waals surface area (Å²) in [5, 5.41) is 5.49. The summed E-state index contributed by atoms with van der Waals surface area (Å²) in [4.78, 5) is 52.9. The predicted octanol–water partition coefficient (Wildman–Crippen LogP) is 4.48. The van der Waals surface area contributed by atoms with Crippen LogP contribution in [-0.2, 0) is 32.6 Å². The van der Waals surface area contributed by atoms with E-state index in [2.05, 4.69) is 10.6 Å². The largest absolute Gasteiger partial charge is 0.497 e. The van der Waals surface area contributed by atoms with E-state index in [1.165, 1.54) is 54.4 Å². The summed E-state index contributed by atoms with van der Waals surface area (Å²) in [5.41, 5.74) is 1.05. The Bertz CT molecular complexity index is 1760. The number of esters is 1. The molecule has 4 amide bonds. The molecule has 0 saturated carbocycles. The third-order valence-corrected chi connectivity index (χ3v) is 9.17. The van der Waals surface area contributed by atoms with Gasteiger partial charge in [-0.05, 0) is 80.3 Å². The summed E-state index contributed by atoms with van der Waals surface area (Å²) in [5.74, 6) is -1.09. The molecule has 0 aliphatic carbocycles. The topological polar surface area (TPSA) is 151 Å². The molecule has 0 bridgehead atoms. The highest BCUT2D eigenvalue weighted by molar-refractivity contribution is 7.90. The first kappa shape index (κ1) is 35.0. The molecule has 12 nitrogen and oxygen atoms in total. The number of nitrogens with one attached hydrogen (secondary N) is 2. The highest BCUT2D eigenvalue weighted by Gasteiger charge is 2.40. The molecule has 0 fully saturated rings. The first-order chi connectivity index (χ1) is 22.0. The van der Waals surface area contributed by atoms with E-state index in [4.69, 9.17) is 9.47 Å². The lowest BCUT2D eigenvalue weighted by atomic mass is 10.0. The Labute approximate surface area is 275 Å². The zero-order chi connectivity index (χ0) is 34.7. The fraction of sp³-hybridized carbons (Fsp3) is 0.353. The second-order valence-corrected chi connectivity index (χ2v) is 14.3. The van der Waals surface area contributed by atoms with Gasteiger partial charge in [-0.3, -0.25) is 14.5 Å². The number of ether oxygens (including phenoxy) is 2. The van der Waals surface area contributed by atoms with Gasteiger partial charge in [0.15, 0.2) is 0 Å². The third-order valence-electron chi connectivity index (χ3n) is 7.42. The van der Waals surface area contributed by atoms with Crippen molar-refractivity contribution >= 4 is 39.5 Å². The molecule has 3 aromatic carbocycles. The smallest absolute Gasteiger partial charge is 0.338 e. The van der Waals surface area contributed by atoms with Crippen LogP contribution in [0.1, 0.15) is 66.5 Å². The van der Waals surface area contributed by atoms with Crippen molar-refractivity contribution in [3.63, 3.8) is 0 Å². The molecule has 1 unspecified atom stereocenters. The van der Waals surface area contributed by atoms with Gasteiger partial charge in [0, 0.05) is 24.7 Å². The van der Waals surface area contributed by atoms with Gasteiger partial charge in [0.2, 0.25) is 0 Å². The standard InChI is InChI=1S/C34H40N4O8S/c1-21(2)29(32(41)46-34(3,4)5)36-31(40)24-12-8-23(9-13-24)20-38-33(42)37(6)27-17-14-25(18-28(27)47(38,43)44)30(39)35-19-22-10-15-26(45-7)16-11-22/h8-18,21,29H,19-20H2,1-7H3,(H,35,39)(H,36,40). The number of sulfonamides is 1. The van der Waals surface area contributed by atoms with E-state index in [0.717, 1.165) is 9.87 Å². The molecule has 1 heterocycles. The van der Waals surface area contributed by atoms with Crippen LogP contribution < -0.4 is 20.3 Å². The summed E-state index contributed by atoms with van der Waals surface area (Å²) in [6.07, 6.45) is 0. The number of methoxy groups -OCH3 is 1. The summed E-state index contributed by atoms with van der Waals surface area (Å²) in [6.45, 7) is 8.72. The molecule has 1 aliphatic heterocycles. The molecule has 47 heavy (non-hydrogen) atoms. The Morgan fingerprint density at radius 1 is 0.872 bits per heavy atom. The summed E-state index contributed by atoms with van der Waals surface area (Å²) >= 11 is 0. The molecular weight excluding hydrogens is 624 g/mol. The SMILES string of the molecule is COc1ccc(CNC(=O)c2ccc3c(c2)S(=O)(=O)N(Cc2ccc(C(=O)NC(C(=O)OC(C)(C)C)C(C)C)cc2)C(=O)N3C)cc1. The number of hydrogen-bond donors (Lipinski definition) is 2. The fourth-order valence-corrected chi connectivity index (χ4v) is 6.46. The van der Waals surface area contributed by atoms with E-state index in [0.29, 0.717) is 11.3 Å². The number of nitrogens with zero attached hydrogens (tertiary/aromatic N) is 2. The minimum Gasteiger partial charge on any atom is -0.497 e. The van der Waals surface area contributed by atoms with E-state index in [1.807, 2.05) is 0 Å². The molecule has 4 rings (SSSR count). The van der Waals surface area contributed by atoms with Crippen molar-refractivity contribution in [2.75, 3.05) is 19.1 Å². The van der Waals surface area contributed by atoms with Crippen LogP contribution in [0.2, 0.25) is 0 Å². The van der Waals surface area contributed by atoms with Crippen LogP contribution in [0.3, 0.4) is 0 Å². The van der Waals surface area contributed by atoms with Crippen LogP contribution in [0.4, 0.5) is 10.5 Å². The van der Waals surface area contributed by atoms with Crippen molar-refractivity contribution in [2.45, 2.75) is 64.2 Å². The molecule has 1 atom stereocenters. The Morgan fingerprint density at radius 2 is 1.47 bits per heavy atom. The van der Waals surface area contributed by atoms with Crippen molar-refractivity contribution in [2.24, 2.45) is 5.92 Å². The lowest BCUT2D eigenvalue weighted by molar-refractivity contribution is -0.158. The van der Waals surface area contributed by atoms with E-state index >= 15 is 0 Å². The second-order valence-electron chi connectivity index (χ2n) is 12.5. The highest BCUT2D eigenvalue weighted by atomic mass is 32.2. The number of benzene rings is 3. The van der Waals surface area contributed by atoms with Gasteiger partial charge >= 0.3 is 12.0 Å². The lowest BCUT2D eigenvalue weighted by Gasteiger charge is -2.34. The number of hydrogen-bond acceptors (Lipinski definition) is 8. The minimum absolute atomic E-state index is 0.116. The van der Waals surface area contributed by atoms with Crippen molar-refractivity contribution in [1.82, 2.24) is 14.9 Å². The maximum absolute atomic E-state index is 13.7. The highest BCUT2D eigenvalue weighted by Crippen LogP contribution is 2.35. The number of anilines is 1. The molecular formula is C34H40N4O8S. The van der Waals surface area contributed by atoms with Crippen LogP contribution in [0, 0.1) is 5.92 Å². The van der Waals surface area contributed by atoms with Crippen molar-refractivity contribution in [3.8, 4) is 5.75 Å². The van der Waals surface area contributed by atoms with Crippen LogP contribution in [-0.4, -0.2) is 62.3 Å². The molecule has 13 heteroatoms. The lowest BCUT2D eigenvalue weighted by Crippen LogP contribution is -2.48. The summed E-state index contributed by atoms with van der Waals surface area (Å²) < 4.78 is 38.8. The van der Waals surface area contributed by atoms with Gasteiger partial charge in [0.1, 0.15) is 22.3 Å². The number of carbonyl (C=O) groups is 4. The summed E-state index contributed by atoms with van der Waals surface area (Å²) in [7, 11) is -1.34. The molecule has 0 saturated heterocycles. The van der Waals surface area contributed by atoms with E-state index in [-0.39, 0.29) is 40.7 Å². The Hall–Kier alpha value is -4.91. The number of rotatable bonds is 10. The second kappa shape index (κ2) is 13.8. The van der Waals surface area contributed by atoms with Gasteiger partial charge in [0.25, 0.3) is 21.8 Å². The van der Waals surface area contributed by atoms with Gasteiger partial charge in [-0.25, -0.2) is 22.3 Å². The maximum atomic E-state index is 13.7. The van der Waals surface area contributed by atoms with Gasteiger partial charge in [-0.15, -0.1) is 0 Å². The average molecular weight is 665 g/mol. The number of carbonyl (C=O) groups excluding carboxylic acids is 4. The molecule has 250 valence electrons. The van der Waals surface area contributed by atoms with Crippen molar-refractivity contribution in [3.05, 3.63) is 89.0 Å². The first-order valence-electron chi connectivity index (χ1n) is 15.0. The van der Waals surface area contributed by atoms with Gasteiger partial charge < -0.3 is 20.1 Å². The molecule has 0 aromatic heterocycles. The van der Waals surface area contributed by atoms with Gasteiger partial charge in [-0.1, -0.05) is 38.1 Å². The van der Waals surface area contributed by atoms with Crippen molar-refractivity contribution in [1.29, 1.82) is 0 Å². The Kier molecular flexibility index (Phi) is 10.3. The first-order valence-corrected chi connectivity index (χ1v) is 16.4. The van der Waals surface area contributed by atoms with Gasteiger partial charge in [-0.2, -0.15) is 0 Å². The van der Waals surface area contributed by atoms with E-state index in [9.17, 15) is 27.6 Å². The summed E-state index contributed by atoms with van der Waals surface area (Å²) in [6, 6.07) is 15.7. The molecule has 0 radical (unpaired) electrons. The number of amides is 4. The fourth-order valence-electron chi connectivity index (χ4n) is 4.83. The Balaban J connectivity index is 1.49. The zero-order valence-corrected chi connectivity index (χ0v) is 28.3. The molecule has 1 aliphatic rings. The third kappa shape index (κ3) is 8.09. The van der Waals surface area contributed by atoms with Crippen LogP contribution in [0.25, 0.3) is 0 Å². The minimum atomic E-state index is -4.35. The van der Waals surface area contributed by atoms with Crippen LogP contribution in [0.5, 0.6) is 5.75 Å². The van der Waals surface area contributed by atoms with E-state index < -0.39 is 45.5 Å². The van der Waals surface area contributed by atoms with Gasteiger partial charge in [0.05, 0.1) is 19.3 Å². The predicted molar refractivity (Wildman–Crippen MR) is 176 cm³/mol. The van der Waals surface area contributed by atoms with Crippen LogP contribution >= 0.6 is 0 Å². The molecule has 3 aromatic rings. The molecule has 2 N–H and O–H groups in total. The zero-order valence-electron chi connectivity index (χ0n) is 27.5. The van der Waals surface area contributed by atoms with E-state index in [1.54, 1.807) is 66.0 Å². The normalized spacial score (nSPS) is 14.7. The average Bonchev–Trinajstić information content (AvgIpc) is 3.02. The van der Waals surface area contributed by atoms with Crippen LogP contribution in [0.15, 0.2) is 71.6 Å². The molecule has 0 spiro atoms. The number of urea groups is 1. The maximum Gasteiger partial charge on any atom is 0.338 e. The monoisotopic (exact) mass is 664 g/mol. The van der Waals surface area contributed by atoms with Crippen molar-refractivity contribution < 1.29 is 37.1 Å².